The van der Waals surface area contributed by atoms with Gasteiger partial charge in [0.1, 0.15) is 11.7 Å². The second-order valence-corrected chi connectivity index (χ2v) is 3.36. The Labute approximate surface area is 98.6 Å². The van der Waals surface area contributed by atoms with E-state index in [1.54, 1.807) is 12.1 Å². The Bertz CT molecular complexity index is 380. The molecule has 6 nitrogen and oxygen atoms in total. The molecule has 1 rings (SSSR count). The zero-order valence-electron chi connectivity index (χ0n) is 9.42. The number of hydrogen-bond donors (Lipinski definition) is 2. The lowest BCUT2D eigenvalue weighted by Gasteiger charge is -2.13. The van der Waals surface area contributed by atoms with Crippen molar-refractivity contribution in [3.8, 4) is 0 Å². The molecule has 2 N–H and O–H groups in total. The summed E-state index contributed by atoms with van der Waals surface area (Å²) in [6.45, 7) is 0.263. The number of carbonyl (C=O) groups is 2. The van der Waals surface area contributed by atoms with Crippen LogP contribution < -0.4 is 5.32 Å². The monoisotopic (exact) mass is 238 g/mol. The van der Waals surface area contributed by atoms with Gasteiger partial charge in [-0.1, -0.05) is 6.07 Å². The van der Waals surface area contributed by atoms with Gasteiger partial charge < -0.3 is 15.2 Å². The number of carboxylic acid groups (broad SMARTS) is 1. The first-order valence-corrected chi connectivity index (χ1v) is 5.08. The van der Waals surface area contributed by atoms with Gasteiger partial charge in [-0.2, -0.15) is 0 Å². The fraction of sp³-hybridized carbons (Fsp3) is 0.364. The number of carboxylic acids is 1. The minimum atomic E-state index is -1.09. The number of nitrogens with zero attached hydrogens (tertiary/aromatic N) is 1. The SMILES string of the molecule is COCCC(NC(=O)c1ccccn1)C(=O)O. The zero-order chi connectivity index (χ0) is 12.7. The normalized spacial score (nSPS) is 11.8. The van der Waals surface area contributed by atoms with E-state index in [0.29, 0.717) is 0 Å². The zero-order valence-corrected chi connectivity index (χ0v) is 9.42. The highest BCUT2D eigenvalue weighted by Gasteiger charge is 2.20. The number of hydrogen-bond acceptors (Lipinski definition) is 4. The Morgan fingerprint density at radius 3 is 2.82 bits per heavy atom. The molecule has 0 bridgehead atoms. The predicted octanol–water partition coefficient (Wildman–Crippen LogP) is 0.301. The van der Waals surface area contributed by atoms with Gasteiger partial charge in [-0.05, 0) is 12.1 Å². The predicted molar refractivity (Wildman–Crippen MR) is 59.6 cm³/mol. The number of ether oxygens (including phenoxy) is 1. The van der Waals surface area contributed by atoms with Crippen molar-refractivity contribution in [1.82, 2.24) is 10.3 Å². The quantitative estimate of drug-likeness (QED) is 0.744. The standard InChI is InChI=1S/C11H14N2O4/c1-17-7-5-9(11(15)16)13-10(14)8-4-2-3-6-12-8/h2-4,6,9H,5,7H2,1H3,(H,13,14)(H,15,16). The van der Waals surface area contributed by atoms with Gasteiger partial charge in [0.15, 0.2) is 0 Å². The maximum atomic E-state index is 11.6. The van der Waals surface area contributed by atoms with Crippen molar-refractivity contribution in [1.29, 1.82) is 0 Å². The summed E-state index contributed by atoms with van der Waals surface area (Å²) in [4.78, 5) is 26.4. The van der Waals surface area contributed by atoms with Crippen LogP contribution in [0.2, 0.25) is 0 Å². The molecule has 1 unspecified atom stereocenters. The molecule has 0 aliphatic carbocycles. The van der Waals surface area contributed by atoms with Crippen molar-refractivity contribution in [2.24, 2.45) is 0 Å². The van der Waals surface area contributed by atoms with E-state index in [1.165, 1.54) is 19.4 Å². The number of aromatic nitrogens is 1. The molecule has 6 heteroatoms. The lowest BCUT2D eigenvalue weighted by molar-refractivity contribution is -0.139. The topological polar surface area (TPSA) is 88.5 Å². The minimum Gasteiger partial charge on any atom is -0.480 e. The van der Waals surface area contributed by atoms with E-state index in [-0.39, 0.29) is 18.7 Å². The van der Waals surface area contributed by atoms with Gasteiger partial charge in [0.25, 0.3) is 5.91 Å². The van der Waals surface area contributed by atoms with Crippen LogP contribution in [0.25, 0.3) is 0 Å². The molecule has 17 heavy (non-hydrogen) atoms. The average molecular weight is 238 g/mol. The van der Waals surface area contributed by atoms with Crippen molar-refractivity contribution in [2.45, 2.75) is 12.5 Å². The maximum Gasteiger partial charge on any atom is 0.326 e. The summed E-state index contributed by atoms with van der Waals surface area (Å²) in [5, 5.41) is 11.3. The smallest absolute Gasteiger partial charge is 0.326 e. The highest BCUT2D eigenvalue weighted by atomic mass is 16.5. The highest BCUT2D eigenvalue weighted by Crippen LogP contribution is 1.98. The van der Waals surface area contributed by atoms with Gasteiger partial charge in [0, 0.05) is 26.3 Å². The Morgan fingerprint density at radius 2 is 2.29 bits per heavy atom. The third-order valence-electron chi connectivity index (χ3n) is 2.11. The molecule has 0 aliphatic heterocycles. The third-order valence-corrected chi connectivity index (χ3v) is 2.11. The molecule has 1 atom stereocenters. The molecule has 1 aromatic rings. The van der Waals surface area contributed by atoms with Crippen LogP contribution in [-0.4, -0.2) is 41.7 Å². The Hall–Kier alpha value is -1.95. The van der Waals surface area contributed by atoms with E-state index in [2.05, 4.69) is 10.3 Å². The number of methoxy groups -OCH3 is 1. The summed E-state index contributed by atoms with van der Waals surface area (Å²) < 4.78 is 4.78. The molecule has 0 radical (unpaired) electrons. The molecule has 1 aromatic heterocycles. The first-order valence-electron chi connectivity index (χ1n) is 5.08. The van der Waals surface area contributed by atoms with Crippen LogP contribution in [0.4, 0.5) is 0 Å². The molecule has 0 aliphatic rings. The van der Waals surface area contributed by atoms with Gasteiger partial charge in [0.2, 0.25) is 0 Å². The fourth-order valence-corrected chi connectivity index (χ4v) is 1.22. The Morgan fingerprint density at radius 1 is 1.53 bits per heavy atom. The second kappa shape index (κ2) is 6.59. The summed E-state index contributed by atoms with van der Waals surface area (Å²) in [5.74, 6) is -1.60. The molecule has 0 saturated carbocycles. The van der Waals surface area contributed by atoms with Crippen molar-refractivity contribution in [3.63, 3.8) is 0 Å². The third kappa shape index (κ3) is 4.20. The maximum absolute atomic E-state index is 11.6. The van der Waals surface area contributed by atoms with Crippen LogP contribution in [0, 0.1) is 0 Å². The largest absolute Gasteiger partial charge is 0.480 e. The van der Waals surface area contributed by atoms with Crippen molar-refractivity contribution >= 4 is 11.9 Å². The first-order chi connectivity index (χ1) is 8.15. The molecular weight excluding hydrogens is 224 g/mol. The van der Waals surface area contributed by atoms with Gasteiger partial charge in [-0.15, -0.1) is 0 Å². The Kier molecular flexibility index (Phi) is 5.09. The van der Waals surface area contributed by atoms with Crippen molar-refractivity contribution in [3.05, 3.63) is 30.1 Å². The van der Waals surface area contributed by atoms with Gasteiger partial charge >= 0.3 is 5.97 Å². The van der Waals surface area contributed by atoms with Crippen molar-refractivity contribution in [2.75, 3.05) is 13.7 Å². The van der Waals surface area contributed by atoms with Crippen LogP contribution in [0.1, 0.15) is 16.9 Å². The number of aliphatic carboxylic acids is 1. The van der Waals surface area contributed by atoms with E-state index in [9.17, 15) is 9.59 Å². The van der Waals surface area contributed by atoms with Crippen molar-refractivity contribution < 1.29 is 19.4 Å². The van der Waals surface area contributed by atoms with E-state index >= 15 is 0 Å². The molecule has 1 amide bonds. The number of pyridine rings is 1. The van der Waals surface area contributed by atoms with Gasteiger partial charge in [-0.3, -0.25) is 9.78 Å². The number of carbonyl (C=O) groups excluding carboxylic acids is 1. The van der Waals surface area contributed by atoms with Gasteiger partial charge in [0.05, 0.1) is 0 Å². The summed E-state index contributed by atoms with van der Waals surface area (Å²) in [6.07, 6.45) is 1.68. The average Bonchev–Trinajstić information content (AvgIpc) is 2.35. The van der Waals surface area contributed by atoms with Gasteiger partial charge in [-0.25, -0.2) is 4.79 Å². The molecule has 0 aromatic carbocycles. The number of amides is 1. The first kappa shape index (κ1) is 13.1. The van der Waals surface area contributed by atoms with Crippen LogP contribution in [0.3, 0.4) is 0 Å². The van der Waals surface area contributed by atoms with E-state index in [1.807, 2.05) is 0 Å². The van der Waals surface area contributed by atoms with Crippen LogP contribution in [0.15, 0.2) is 24.4 Å². The van der Waals surface area contributed by atoms with E-state index in [4.69, 9.17) is 9.84 Å². The summed E-state index contributed by atoms with van der Waals surface area (Å²) in [7, 11) is 1.47. The molecule has 0 spiro atoms. The van der Waals surface area contributed by atoms with E-state index in [0.717, 1.165) is 0 Å². The van der Waals surface area contributed by atoms with Crippen LogP contribution in [0.5, 0.6) is 0 Å². The lowest BCUT2D eigenvalue weighted by Crippen LogP contribution is -2.41. The number of rotatable bonds is 6. The van der Waals surface area contributed by atoms with Crippen LogP contribution in [-0.2, 0) is 9.53 Å². The minimum absolute atomic E-state index is 0.191. The summed E-state index contributed by atoms with van der Waals surface area (Å²) >= 11 is 0. The summed E-state index contributed by atoms with van der Waals surface area (Å²) in [6, 6.07) is 3.89. The highest BCUT2D eigenvalue weighted by molar-refractivity contribution is 5.94. The summed E-state index contributed by atoms with van der Waals surface area (Å²) in [5.41, 5.74) is 0.191. The molecule has 92 valence electrons. The molecule has 1 heterocycles. The molecule has 0 saturated heterocycles. The fourth-order valence-electron chi connectivity index (χ4n) is 1.22. The molecular formula is C11H14N2O4. The number of nitrogens with one attached hydrogen (secondary N) is 1. The second-order valence-electron chi connectivity index (χ2n) is 3.36. The lowest BCUT2D eigenvalue weighted by atomic mass is 10.2. The Balaban J connectivity index is 2.61. The van der Waals surface area contributed by atoms with E-state index < -0.39 is 17.9 Å². The molecule has 0 fully saturated rings. The van der Waals surface area contributed by atoms with Crippen LogP contribution >= 0.6 is 0 Å².